The van der Waals surface area contributed by atoms with Crippen LogP contribution >= 0.6 is 0 Å². The molecule has 1 aliphatic carbocycles. The van der Waals surface area contributed by atoms with Gasteiger partial charge in [-0.2, -0.15) is 0 Å². The lowest BCUT2D eigenvalue weighted by molar-refractivity contribution is 0.686. The standard InChI is InChI=1S/C11H17N3/c1-7(12)9-6-13-10(14-8(9)2)11(3)4-5-11/h6-7H,4-5,12H2,1-3H3/t7-/m1/s1. The Kier molecular flexibility index (Phi) is 2.07. The van der Waals surface area contributed by atoms with Gasteiger partial charge in [-0.05, 0) is 26.7 Å². The summed E-state index contributed by atoms with van der Waals surface area (Å²) in [7, 11) is 0. The molecule has 2 rings (SSSR count). The molecule has 0 amide bonds. The second-order valence-electron chi connectivity index (χ2n) is 4.58. The third kappa shape index (κ3) is 1.52. The SMILES string of the molecule is Cc1nc(C2(C)CC2)ncc1[C@@H](C)N. The van der Waals surface area contributed by atoms with Crippen LogP contribution in [0, 0.1) is 6.92 Å². The summed E-state index contributed by atoms with van der Waals surface area (Å²) in [6.07, 6.45) is 4.31. The van der Waals surface area contributed by atoms with Crippen LogP contribution in [0.15, 0.2) is 6.20 Å². The first-order valence-electron chi connectivity index (χ1n) is 5.12. The number of hydrogen-bond acceptors (Lipinski definition) is 3. The van der Waals surface area contributed by atoms with Gasteiger partial charge in [0.1, 0.15) is 5.82 Å². The normalized spacial score (nSPS) is 20.6. The van der Waals surface area contributed by atoms with E-state index >= 15 is 0 Å². The Balaban J connectivity index is 2.36. The predicted molar refractivity (Wildman–Crippen MR) is 56.0 cm³/mol. The fourth-order valence-electron chi connectivity index (χ4n) is 1.63. The lowest BCUT2D eigenvalue weighted by Crippen LogP contribution is -2.13. The monoisotopic (exact) mass is 191 g/mol. The Bertz CT molecular complexity index is 354. The number of aromatic nitrogens is 2. The van der Waals surface area contributed by atoms with E-state index in [0.29, 0.717) is 0 Å². The molecule has 0 aromatic carbocycles. The lowest BCUT2D eigenvalue weighted by atomic mass is 10.1. The molecule has 1 aromatic rings. The molecule has 2 N–H and O–H groups in total. The topological polar surface area (TPSA) is 51.8 Å². The fraction of sp³-hybridized carbons (Fsp3) is 0.636. The van der Waals surface area contributed by atoms with Gasteiger partial charge in [0.05, 0.1) is 0 Å². The van der Waals surface area contributed by atoms with Gasteiger partial charge in [-0.25, -0.2) is 9.97 Å². The Morgan fingerprint density at radius 1 is 1.50 bits per heavy atom. The van der Waals surface area contributed by atoms with E-state index in [1.54, 1.807) is 0 Å². The van der Waals surface area contributed by atoms with Crippen molar-refractivity contribution in [3.63, 3.8) is 0 Å². The summed E-state index contributed by atoms with van der Waals surface area (Å²) < 4.78 is 0. The van der Waals surface area contributed by atoms with Gasteiger partial charge < -0.3 is 5.73 Å². The van der Waals surface area contributed by atoms with E-state index in [2.05, 4.69) is 16.9 Å². The smallest absolute Gasteiger partial charge is 0.134 e. The maximum absolute atomic E-state index is 5.81. The highest BCUT2D eigenvalue weighted by molar-refractivity contribution is 5.24. The molecule has 1 heterocycles. The summed E-state index contributed by atoms with van der Waals surface area (Å²) in [5.74, 6) is 0.986. The fourth-order valence-corrected chi connectivity index (χ4v) is 1.63. The number of hydrogen-bond donors (Lipinski definition) is 1. The molecule has 1 aromatic heterocycles. The molecule has 3 nitrogen and oxygen atoms in total. The second-order valence-corrected chi connectivity index (χ2v) is 4.58. The van der Waals surface area contributed by atoms with Crippen molar-refractivity contribution in [1.82, 2.24) is 9.97 Å². The Morgan fingerprint density at radius 2 is 2.14 bits per heavy atom. The number of nitrogens with zero attached hydrogens (tertiary/aromatic N) is 2. The third-order valence-electron chi connectivity index (χ3n) is 3.05. The van der Waals surface area contributed by atoms with Crippen molar-refractivity contribution < 1.29 is 0 Å². The molecule has 1 fully saturated rings. The highest BCUT2D eigenvalue weighted by Gasteiger charge is 2.42. The molecule has 14 heavy (non-hydrogen) atoms. The van der Waals surface area contributed by atoms with Gasteiger partial charge in [0.2, 0.25) is 0 Å². The Hall–Kier alpha value is -0.960. The average Bonchev–Trinajstić information content (AvgIpc) is 2.84. The highest BCUT2D eigenvalue weighted by atomic mass is 14.9. The summed E-state index contributed by atoms with van der Waals surface area (Å²) >= 11 is 0. The summed E-state index contributed by atoms with van der Waals surface area (Å²) in [4.78, 5) is 8.94. The van der Waals surface area contributed by atoms with Crippen molar-refractivity contribution in [3.8, 4) is 0 Å². The Morgan fingerprint density at radius 3 is 2.57 bits per heavy atom. The first-order valence-corrected chi connectivity index (χ1v) is 5.12. The largest absolute Gasteiger partial charge is 0.324 e. The van der Waals surface area contributed by atoms with Gasteiger partial charge in [0.15, 0.2) is 0 Å². The molecule has 1 atom stereocenters. The zero-order valence-electron chi connectivity index (χ0n) is 9.04. The van der Waals surface area contributed by atoms with Crippen LogP contribution in [0.4, 0.5) is 0 Å². The lowest BCUT2D eigenvalue weighted by Gasteiger charge is -2.12. The van der Waals surface area contributed by atoms with E-state index in [0.717, 1.165) is 17.1 Å². The average molecular weight is 191 g/mol. The number of nitrogens with two attached hydrogens (primary N) is 1. The first kappa shape index (κ1) is 9.59. The second kappa shape index (κ2) is 3.02. The third-order valence-corrected chi connectivity index (χ3v) is 3.05. The van der Waals surface area contributed by atoms with Crippen LogP contribution < -0.4 is 5.73 Å². The highest BCUT2D eigenvalue weighted by Crippen LogP contribution is 2.45. The van der Waals surface area contributed by atoms with Gasteiger partial charge >= 0.3 is 0 Å². The number of aryl methyl sites for hydroxylation is 1. The van der Waals surface area contributed by atoms with Gasteiger partial charge in [-0.1, -0.05) is 6.92 Å². The van der Waals surface area contributed by atoms with Crippen LogP contribution in [-0.2, 0) is 5.41 Å². The van der Waals surface area contributed by atoms with Crippen molar-refractivity contribution in [2.45, 2.75) is 45.1 Å². The van der Waals surface area contributed by atoms with E-state index in [-0.39, 0.29) is 11.5 Å². The minimum absolute atomic E-state index is 0.0241. The van der Waals surface area contributed by atoms with Crippen molar-refractivity contribution >= 4 is 0 Å². The molecule has 76 valence electrons. The van der Waals surface area contributed by atoms with Crippen LogP contribution in [-0.4, -0.2) is 9.97 Å². The molecule has 1 saturated carbocycles. The molecular formula is C11H17N3. The molecule has 1 aliphatic rings. The molecule has 0 spiro atoms. The first-order chi connectivity index (χ1) is 6.53. The molecule has 3 heteroatoms. The van der Waals surface area contributed by atoms with Crippen LogP contribution in [0.1, 0.15) is 49.8 Å². The van der Waals surface area contributed by atoms with E-state index < -0.39 is 0 Å². The minimum Gasteiger partial charge on any atom is -0.324 e. The molecule has 0 unspecified atom stereocenters. The van der Waals surface area contributed by atoms with Crippen LogP contribution in [0.5, 0.6) is 0 Å². The predicted octanol–water partition coefficient (Wildman–Crippen LogP) is 1.86. The van der Waals surface area contributed by atoms with Gasteiger partial charge in [-0.3, -0.25) is 0 Å². The van der Waals surface area contributed by atoms with Crippen LogP contribution in [0.25, 0.3) is 0 Å². The van der Waals surface area contributed by atoms with Crippen molar-refractivity contribution in [3.05, 3.63) is 23.3 Å². The van der Waals surface area contributed by atoms with Crippen molar-refractivity contribution in [1.29, 1.82) is 0 Å². The minimum atomic E-state index is 0.0241. The van der Waals surface area contributed by atoms with E-state index in [4.69, 9.17) is 5.73 Å². The van der Waals surface area contributed by atoms with Crippen LogP contribution in [0.3, 0.4) is 0 Å². The summed E-state index contributed by atoms with van der Waals surface area (Å²) in [6, 6.07) is 0.0241. The summed E-state index contributed by atoms with van der Waals surface area (Å²) in [6.45, 7) is 6.19. The van der Waals surface area contributed by atoms with Crippen molar-refractivity contribution in [2.75, 3.05) is 0 Å². The van der Waals surface area contributed by atoms with E-state index in [1.165, 1.54) is 12.8 Å². The zero-order chi connectivity index (χ0) is 10.3. The molecular weight excluding hydrogens is 174 g/mol. The molecule has 0 radical (unpaired) electrons. The van der Waals surface area contributed by atoms with E-state index in [9.17, 15) is 0 Å². The van der Waals surface area contributed by atoms with Crippen molar-refractivity contribution in [2.24, 2.45) is 5.73 Å². The zero-order valence-corrected chi connectivity index (χ0v) is 9.04. The maximum atomic E-state index is 5.81. The molecule has 0 saturated heterocycles. The van der Waals surface area contributed by atoms with Gasteiger partial charge in [0, 0.05) is 28.9 Å². The van der Waals surface area contributed by atoms with Crippen LogP contribution in [0.2, 0.25) is 0 Å². The Labute approximate surface area is 84.8 Å². The summed E-state index contributed by atoms with van der Waals surface area (Å²) in [5, 5.41) is 0. The summed E-state index contributed by atoms with van der Waals surface area (Å²) in [5.41, 5.74) is 8.14. The molecule has 0 bridgehead atoms. The van der Waals surface area contributed by atoms with E-state index in [1.807, 2.05) is 20.0 Å². The van der Waals surface area contributed by atoms with Gasteiger partial charge in [0.25, 0.3) is 0 Å². The quantitative estimate of drug-likeness (QED) is 0.776. The maximum Gasteiger partial charge on any atom is 0.134 e. The molecule has 0 aliphatic heterocycles. The number of rotatable bonds is 2. The van der Waals surface area contributed by atoms with Gasteiger partial charge in [-0.15, -0.1) is 0 Å².